The number of ketones is 1. The first-order valence-corrected chi connectivity index (χ1v) is 6.19. The molecule has 0 radical (unpaired) electrons. The van der Waals surface area contributed by atoms with Crippen LogP contribution in [0.25, 0.3) is 0 Å². The zero-order chi connectivity index (χ0) is 15.7. The molecule has 0 fully saturated rings. The van der Waals surface area contributed by atoms with Crippen molar-refractivity contribution in [3.8, 4) is 0 Å². The van der Waals surface area contributed by atoms with E-state index in [1.54, 1.807) is 0 Å². The zero-order valence-corrected chi connectivity index (χ0v) is 11.5. The number of nitrogens with one attached hydrogen (secondary N) is 2. The number of aliphatic carboxylic acids is 2. The molecule has 0 aliphatic carbocycles. The first kappa shape index (κ1) is 18.0. The van der Waals surface area contributed by atoms with Crippen LogP contribution in [-0.4, -0.2) is 53.0 Å². The van der Waals surface area contributed by atoms with Gasteiger partial charge in [0.2, 0.25) is 5.91 Å². The summed E-state index contributed by atoms with van der Waals surface area (Å²) in [5, 5.41) is 22.5. The Morgan fingerprint density at radius 3 is 1.85 bits per heavy atom. The second kappa shape index (κ2) is 9.03. The largest absolute Gasteiger partial charge is 0.480 e. The van der Waals surface area contributed by atoms with Gasteiger partial charge in [-0.3, -0.25) is 9.59 Å². The monoisotopic (exact) mass is 288 g/mol. The SMILES string of the molecule is CN[C@@H](CCC(=O)N[C@H](CCC(C)=O)C(=O)O)C(=O)O. The van der Waals surface area contributed by atoms with Crippen molar-refractivity contribution in [2.45, 2.75) is 44.7 Å². The molecule has 0 saturated carbocycles. The van der Waals surface area contributed by atoms with Crippen LogP contribution in [-0.2, 0) is 19.2 Å². The number of carboxylic acid groups (broad SMARTS) is 2. The van der Waals surface area contributed by atoms with Gasteiger partial charge in [-0.05, 0) is 26.8 Å². The van der Waals surface area contributed by atoms with Crippen LogP contribution in [0.2, 0.25) is 0 Å². The molecule has 1 amide bonds. The van der Waals surface area contributed by atoms with Crippen LogP contribution in [0.3, 0.4) is 0 Å². The summed E-state index contributed by atoms with van der Waals surface area (Å²) in [6.07, 6.45) is 0.0225. The first-order valence-electron chi connectivity index (χ1n) is 6.19. The van der Waals surface area contributed by atoms with Gasteiger partial charge in [-0.15, -0.1) is 0 Å². The van der Waals surface area contributed by atoms with Gasteiger partial charge in [-0.2, -0.15) is 0 Å². The van der Waals surface area contributed by atoms with Gasteiger partial charge in [0, 0.05) is 12.8 Å². The molecule has 0 aromatic carbocycles. The van der Waals surface area contributed by atoms with Gasteiger partial charge in [0.1, 0.15) is 17.9 Å². The fraction of sp³-hybridized carbons (Fsp3) is 0.667. The van der Waals surface area contributed by atoms with Gasteiger partial charge in [0.05, 0.1) is 0 Å². The summed E-state index contributed by atoms with van der Waals surface area (Å²) in [6.45, 7) is 1.34. The molecule has 0 heterocycles. The average molecular weight is 288 g/mol. The zero-order valence-electron chi connectivity index (χ0n) is 11.5. The van der Waals surface area contributed by atoms with E-state index in [4.69, 9.17) is 10.2 Å². The minimum atomic E-state index is -1.22. The van der Waals surface area contributed by atoms with Gasteiger partial charge in [0.25, 0.3) is 0 Å². The summed E-state index contributed by atoms with van der Waals surface area (Å²) in [5.74, 6) is -3.01. The van der Waals surface area contributed by atoms with Crippen molar-refractivity contribution in [3.05, 3.63) is 0 Å². The van der Waals surface area contributed by atoms with E-state index in [-0.39, 0.29) is 31.5 Å². The molecule has 0 unspecified atom stereocenters. The minimum Gasteiger partial charge on any atom is -0.480 e. The van der Waals surface area contributed by atoms with Crippen LogP contribution in [0.1, 0.15) is 32.6 Å². The normalized spacial score (nSPS) is 13.3. The molecule has 20 heavy (non-hydrogen) atoms. The molecule has 0 aromatic rings. The number of amides is 1. The highest BCUT2D eigenvalue weighted by Crippen LogP contribution is 2.02. The molecule has 4 N–H and O–H groups in total. The highest BCUT2D eigenvalue weighted by Gasteiger charge is 2.22. The minimum absolute atomic E-state index is 0.0186. The molecule has 0 spiro atoms. The van der Waals surface area contributed by atoms with Crippen molar-refractivity contribution in [2.75, 3.05) is 7.05 Å². The number of rotatable bonds is 10. The molecule has 0 bridgehead atoms. The molecule has 0 aromatic heterocycles. The van der Waals surface area contributed by atoms with E-state index in [2.05, 4.69) is 10.6 Å². The van der Waals surface area contributed by atoms with Crippen LogP contribution >= 0.6 is 0 Å². The van der Waals surface area contributed by atoms with Gasteiger partial charge in [-0.1, -0.05) is 0 Å². The lowest BCUT2D eigenvalue weighted by atomic mass is 10.1. The van der Waals surface area contributed by atoms with Crippen LogP contribution in [0.5, 0.6) is 0 Å². The van der Waals surface area contributed by atoms with Crippen molar-refractivity contribution >= 4 is 23.6 Å². The molecular formula is C12H20N2O6. The van der Waals surface area contributed by atoms with Crippen molar-refractivity contribution < 1.29 is 29.4 Å². The topological polar surface area (TPSA) is 133 Å². The third-order valence-corrected chi connectivity index (χ3v) is 2.73. The standard InChI is InChI=1S/C12H20N2O6/c1-7(15)3-4-9(12(19)20)14-10(16)6-5-8(13-2)11(17)18/h8-9,13H,3-6H2,1-2H3,(H,14,16)(H,17,18)(H,19,20)/t8-,9+/m0/s1. The number of likely N-dealkylation sites (N-methyl/N-ethyl adjacent to an activating group) is 1. The Morgan fingerprint density at radius 2 is 1.45 bits per heavy atom. The summed E-state index contributed by atoms with van der Waals surface area (Å²) in [7, 11) is 1.46. The molecule has 0 aliphatic heterocycles. The Kier molecular flexibility index (Phi) is 8.14. The van der Waals surface area contributed by atoms with Crippen LogP contribution in [0.15, 0.2) is 0 Å². The quantitative estimate of drug-likeness (QED) is 0.421. The van der Waals surface area contributed by atoms with Gasteiger partial charge in [-0.25, -0.2) is 4.79 Å². The molecule has 0 saturated heterocycles. The number of hydrogen-bond acceptors (Lipinski definition) is 5. The smallest absolute Gasteiger partial charge is 0.326 e. The predicted molar refractivity (Wildman–Crippen MR) is 69.2 cm³/mol. The number of carbonyl (C=O) groups is 4. The average Bonchev–Trinajstić information content (AvgIpc) is 2.34. The lowest BCUT2D eigenvalue weighted by molar-refractivity contribution is -0.143. The van der Waals surface area contributed by atoms with E-state index in [1.807, 2.05) is 0 Å². The maximum atomic E-state index is 11.6. The van der Waals surface area contributed by atoms with Gasteiger partial charge in [0.15, 0.2) is 0 Å². The number of carbonyl (C=O) groups excluding carboxylic acids is 2. The Morgan fingerprint density at radius 1 is 0.950 bits per heavy atom. The van der Waals surface area contributed by atoms with E-state index < -0.39 is 29.9 Å². The van der Waals surface area contributed by atoms with Crippen molar-refractivity contribution in [3.63, 3.8) is 0 Å². The maximum absolute atomic E-state index is 11.6. The number of Topliss-reactive ketones (excluding diaryl/α,β-unsaturated/α-hetero) is 1. The lowest BCUT2D eigenvalue weighted by Crippen LogP contribution is -2.42. The first-order chi connectivity index (χ1) is 9.27. The van der Waals surface area contributed by atoms with Crippen LogP contribution < -0.4 is 10.6 Å². The number of hydrogen-bond donors (Lipinski definition) is 4. The second-order valence-electron chi connectivity index (χ2n) is 4.42. The second-order valence-corrected chi connectivity index (χ2v) is 4.42. The molecule has 0 rings (SSSR count). The van der Waals surface area contributed by atoms with E-state index in [1.165, 1.54) is 14.0 Å². The van der Waals surface area contributed by atoms with E-state index in [9.17, 15) is 19.2 Å². The Labute approximate surface area is 116 Å². The summed E-state index contributed by atoms with van der Waals surface area (Å²) < 4.78 is 0. The van der Waals surface area contributed by atoms with Crippen LogP contribution in [0, 0.1) is 0 Å². The summed E-state index contributed by atoms with van der Waals surface area (Å²) in [6, 6.07) is -1.99. The van der Waals surface area contributed by atoms with E-state index >= 15 is 0 Å². The van der Waals surface area contributed by atoms with Gasteiger partial charge >= 0.3 is 11.9 Å². The van der Waals surface area contributed by atoms with Crippen molar-refractivity contribution in [1.29, 1.82) is 0 Å². The number of carboxylic acids is 2. The predicted octanol–water partition coefficient (Wildman–Crippen LogP) is -0.622. The molecule has 8 heteroatoms. The molecule has 114 valence electrons. The van der Waals surface area contributed by atoms with E-state index in [0.29, 0.717) is 0 Å². The third kappa shape index (κ3) is 7.47. The lowest BCUT2D eigenvalue weighted by Gasteiger charge is -2.15. The highest BCUT2D eigenvalue weighted by molar-refractivity contribution is 5.84. The summed E-state index contributed by atoms with van der Waals surface area (Å²) in [5.41, 5.74) is 0. The summed E-state index contributed by atoms with van der Waals surface area (Å²) in [4.78, 5) is 44.0. The maximum Gasteiger partial charge on any atom is 0.326 e. The van der Waals surface area contributed by atoms with E-state index in [0.717, 1.165) is 0 Å². The molecule has 2 atom stereocenters. The summed E-state index contributed by atoms with van der Waals surface area (Å²) >= 11 is 0. The Hall–Kier alpha value is -1.96. The Bertz CT molecular complexity index is 382. The van der Waals surface area contributed by atoms with Gasteiger partial charge < -0.3 is 25.6 Å². The molecule has 8 nitrogen and oxygen atoms in total. The molecule has 0 aliphatic rings. The molecular weight excluding hydrogens is 268 g/mol. The van der Waals surface area contributed by atoms with Crippen molar-refractivity contribution in [2.24, 2.45) is 0 Å². The fourth-order valence-corrected chi connectivity index (χ4v) is 1.54. The Balaban J connectivity index is 4.29. The highest BCUT2D eigenvalue weighted by atomic mass is 16.4. The van der Waals surface area contributed by atoms with Crippen molar-refractivity contribution in [1.82, 2.24) is 10.6 Å². The van der Waals surface area contributed by atoms with Crippen LogP contribution in [0.4, 0.5) is 0 Å². The third-order valence-electron chi connectivity index (χ3n) is 2.73. The fourth-order valence-electron chi connectivity index (χ4n) is 1.54.